The zero-order valence-electron chi connectivity index (χ0n) is 20.9. The van der Waals surface area contributed by atoms with Crippen LogP contribution in [0.4, 0.5) is 0 Å². The zero-order valence-corrected chi connectivity index (χ0v) is 20.9. The van der Waals surface area contributed by atoms with Crippen LogP contribution in [0.3, 0.4) is 0 Å². The van der Waals surface area contributed by atoms with E-state index < -0.39 is 0 Å². The van der Waals surface area contributed by atoms with Crippen LogP contribution in [0.1, 0.15) is 11.1 Å². The lowest BCUT2D eigenvalue weighted by Gasteiger charge is -2.16. The van der Waals surface area contributed by atoms with Gasteiger partial charge in [-0.3, -0.25) is 4.40 Å². The summed E-state index contributed by atoms with van der Waals surface area (Å²) in [6.45, 7) is 4.38. The maximum absolute atomic E-state index is 4.99. The van der Waals surface area contributed by atoms with E-state index in [1.807, 2.05) is 0 Å². The first-order valence-electron chi connectivity index (χ1n) is 12.7. The third-order valence-corrected chi connectivity index (χ3v) is 7.47. The van der Waals surface area contributed by atoms with Crippen molar-refractivity contribution in [2.75, 3.05) is 0 Å². The second-order valence-electron chi connectivity index (χ2n) is 9.81. The highest BCUT2D eigenvalue weighted by molar-refractivity contribution is 6.06. The summed E-state index contributed by atoms with van der Waals surface area (Å²) in [7, 11) is 0. The van der Waals surface area contributed by atoms with Crippen LogP contribution < -0.4 is 0 Å². The van der Waals surface area contributed by atoms with Crippen LogP contribution >= 0.6 is 0 Å². The van der Waals surface area contributed by atoms with E-state index in [0.29, 0.717) is 0 Å². The lowest BCUT2D eigenvalue weighted by atomic mass is 9.90. The molecule has 0 unspecified atom stereocenters. The van der Waals surface area contributed by atoms with Gasteiger partial charge in [-0.1, -0.05) is 84.9 Å². The van der Waals surface area contributed by atoms with Gasteiger partial charge in [0.05, 0.1) is 11.0 Å². The number of benzene rings is 5. The number of nitrogens with zero attached hydrogens (tertiary/aromatic N) is 2. The fourth-order valence-electron chi connectivity index (χ4n) is 5.59. The summed E-state index contributed by atoms with van der Waals surface area (Å²) in [6, 6.07) is 41.3. The number of fused-ring (bicyclic) bond motifs is 5. The fourth-order valence-corrected chi connectivity index (χ4v) is 5.59. The number of hydrogen-bond donors (Lipinski definition) is 0. The molecule has 0 atom stereocenters. The van der Waals surface area contributed by atoms with Gasteiger partial charge in [-0.25, -0.2) is 4.98 Å². The van der Waals surface area contributed by atoms with Crippen molar-refractivity contribution in [1.82, 2.24) is 9.38 Å². The van der Waals surface area contributed by atoms with Crippen molar-refractivity contribution in [3.8, 4) is 33.4 Å². The third-order valence-electron chi connectivity index (χ3n) is 7.47. The van der Waals surface area contributed by atoms with Gasteiger partial charge in [-0.15, -0.1) is 0 Å². The second-order valence-corrected chi connectivity index (χ2v) is 9.81. The first-order chi connectivity index (χ1) is 18.2. The van der Waals surface area contributed by atoms with Gasteiger partial charge >= 0.3 is 0 Å². The number of aryl methyl sites for hydroxylation is 2. The van der Waals surface area contributed by atoms with Crippen molar-refractivity contribution in [2.24, 2.45) is 0 Å². The Hall–Kier alpha value is -4.69. The lowest BCUT2D eigenvalue weighted by molar-refractivity contribution is 1.25. The quantitative estimate of drug-likeness (QED) is 0.249. The highest BCUT2D eigenvalue weighted by Gasteiger charge is 2.15. The second kappa shape index (κ2) is 8.46. The van der Waals surface area contributed by atoms with Crippen molar-refractivity contribution in [3.05, 3.63) is 133 Å². The third kappa shape index (κ3) is 3.53. The molecule has 0 radical (unpaired) electrons. The molecule has 0 saturated heterocycles. The SMILES string of the molecule is Cc1ccccc1-c1cc(-c2ccccc2C)cc(-c2cn3c4ccccc4nc3c3ccccc23)c1. The average Bonchev–Trinajstić information content (AvgIpc) is 3.32. The maximum Gasteiger partial charge on any atom is 0.145 e. The number of imidazole rings is 1. The molecule has 0 aliphatic rings. The molecule has 0 bridgehead atoms. The monoisotopic (exact) mass is 474 g/mol. The summed E-state index contributed by atoms with van der Waals surface area (Å²) in [5.74, 6) is 0. The van der Waals surface area contributed by atoms with Crippen LogP contribution in [0.5, 0.6) is 0 Å². The molecule has 0 fully saturated rings. The van der Waals surface area contributed by atoms with Crippen molar-refractivity contribution >= 4 is 27.5 Å². The van der Waals surface area contributed by atoms with E-state index in [4.69, 9.17) is 4.98 Å². The molecule has 2 nitrogen and oxygen atoms in total. The molecule has 2 aromatic heterocycles. The van der Waals surface area contributed by atoms with Crippen molar-refractivity contribution in [2.45, 2.75) is 13.8 Å². The summed E-state index contributed by atoms with van der Waals surface area (Å²) >= 11 is 0. The first-order valence-corrected chi connectivity index (χ1v) is 12.7. The average molecular weight is 475 g/mol. The Kier molecular flexibility index (Phi) is 4.93. The van der Waals surface area contributed by atoms with Gasteiger partial charge < -0.3 is 0 Å². The van der Waals surface area contributed by atoms with Crippen LogP contribution in [0.2, 0.25) is 0 Å². The predicted molar refractivity (Wildman–Crippen MR) is 156 cm³/mol. The van der Waals surface area contributed by atoms with Gasteiger partial charge in [0.1, 0.15) is 5.65 Å². The molecule has 0 spiro atoms. The van der Waals surface area contributed by atoms with E-state index in [9.17, 15) is 0 Å². The largest absolute Gasteiger partial charge is 0.298 e. The topological polar surface area (TPSA) is 17.3 Å². The molecule has 0 saturated carbocycles. The van der Waals surface area contributed by atoms with Crippen LogP contribution in [-0.4, -0.2) is 9.38 Å². The van der Waals surface area contributed by atoms with E-state index in [2.05, 4.69) is 140 Å². The molecule has 0 amide bonds. The number of aromatic nitrogens is 2. The maximum atomic E-state index is 4.99. The summed E-state index contributed by atoms with van der Waals surface area (Å²) in [6.07, 6.45) is 2.27. The van der Waals surface area contributed by atoms with E-state index in [1.165, 1.54) is 49.9 Å². The fraction of sp³-hybridized carbons (Fsp3) is 0.0571. The molecular formula is C35H26N2. The molecule has 2 heteroatoms. The Labute approximate surface area is 216 Å². The number of pyridine rings is 1. The Morgan fingerprint density at radius 3 is 1.68 bits per heavy atom. The Morgan fingerprint density at radius 1 is 0.514 bits per heavy atom. The van der Waals surface area contributed by atoms with Gasteiger partial charge in [0.25, 0.3) is 0 Å². The normalized spacial score (nSPS) is 11.5. The van der Waals surface area contributed by atoms with Crippen LogP contribution in [0.15, 0.2) is 121 Å². The predicted octanol–water partition coefficient (Wildman–Crippen LogP) is 9.26. The Morgan fingerprint density at radius 2 is 1.03 bits per heavy atom. The summed E-state index contributed by atoms with van der Waals surface area (Å²) in [4.78, 5) is 4.99. The zero-order chi connectivity index (χ0) is 24.9. The summed E-state index contributed by atoms with van der Waals surface area (Å²) in [5, 5.41) is 2.37. The number of hydrogen-bond acceptors (Lipinski definition) is 1. The van der Waals surface area contributed by atoms with Crippen molar-refractivity contribution in [1.29, 1.82) is 0 Å². The standard InChI is InChI=1S/C35H26N2/c1-23-11-3-5-13-28(23)25-19-26(29-14-6-4-12-24(29)2)21-27(20-25)32-22-37-34-18-10-9-17-33(34)36-35(37)31-16-8-7-15-30(31)32/h3-22H,1-2H3. The molecule has 0 aliphatic heterocycles. The van der Waals surface area contributed by atoms with Gasteiger partial charge in [0.15, 0.2) is 0 Å². The highest BCUT2D eigenvalue weighted by atomic mass is 15.0. The van der Waals surface area contributed by atoms with Gasteiger partial charge in [-0.05, 0) is 88.5 Å². The molecule has 176 valence electrons. The molecule has 7 aromatic rings. The van der Waals surface area contributed by atoms with Gasteiger partial charge in [0, 0.05) is 17.1 Å². The van der Waals surface area contributed by atoms with E-state index in [0.717, 1.165) is 22.1 Å². The minimum absolute atomic E-state index is 0.995. The Bertz CT molecular complexity index is 1890. The first kappa shape index (κ1) is 21.6. The Balaban J connectivity index is 1.59. The minimum atomic E-state index is 0.995. The van der Waals surface area contributed by atoms with Gasteiger partial charge in [0.2, 0.25) is 0 Å². The number of para-hydroxylation sites is 2. The molecule has 0 N–H and O–H groups in total. The molecule has 37 heavy (non-hydrogen) atoms. The smallest absolute Gasteiger partial charge is 0.145 e. The molecule has 5 aromatic carbocycles. The summed E-state index contributed by atoms with van der Waals surface area (Å²) in [5.41, 5.74) is 13.1. The minimum Gasteiger partial charge on any atom is -0.298 e. The molecule has 2 heterocycles. The van der Waals surface area contributed by atoms with Crippen molar-refractivity contribution < 1.29 is 0 Å². The van der Waals surface area contributed by atoms with Crippen molar-refractivity contribution in [3.63, 3.8) is 0 Å². The molecular weight excluding hydrogens is 448 g/mol. The summed E-state index contributed by atoms with van der Waals surface area (Å²) < 4.78 is 2.25. The van der Waals surface area contributed by atoms with Crippen LogP contribution in [-0.2, 0) is 0 Å². The van der Waals surface area contributed by atoms with E-state index in [-0.39, 0.29) is 0 Å². The lowest BCUT2D eigenvalue weighted by Crippen LogP contribution is -1.93. The molecule has 0 aliphatic carbocycles. The molecule has 7 rings (SSSR count). The highest BCUT2D eigenvalue weighted by Crippen LogP contribution is 2.38. The van der Waals surface area contributed by atoms with E-state index >= 15 is 0 Å². The number of rotatable bonds is 3. The van der Waals surface area contributed by atoms with Gasteiger partial charge in [-0.2, -0.15) is 0 Å². The van der Waals surface area contributed by atoms with Crippen LogP contribution in [0.25, 0.3) is 60.8 Å². The van der Waals surface area contributed by atoms with E-state index in [1.54, 1.807) is 0 Å². The van der Waals surface area contributed by atoms with Crippen LogP contribution in [0, 0.1) is 13.8 Å².